The Morgan fingerprint density at radius 1 is 1.13 bits per heavy atom. The molecule has 1 aliphatic rings. The molecule has 198 valence electrons. The van der Waals surface area contributed by atoms with Crippen LogP contribution in [0.1, 0.15) is 31.0 Å². The van der Waals surface area contributed by atoms with E-state index >= 15 is 0 Å². The molecule has 0 amide bonds. The van der Waals surface area contributed by atoms with E-state index in [1.807, 2.05) is 0 Å². The number of nitro groups is 1. The highest BCUT2D eigenvalue weighted by molar-refractivity contribution is 7.07. The fraction of sp³-hybridized carbons (Fsp3) is 0.269. The SMILES string of the molecule is CCOC(=O)C1=C(C)N=c2sc(=Cc3ccc(OC)c([N+](=O)[O-])c3)c(=O)n2C1c1ccc(OC)cc1OC. The molecule has 0 fully saturated rings. The first-order valence-electron chi connectivity index (χ1n) is 11.5. The van der Waals surface area contributed by atoms with Gasteiger partial charge in [0.25, 0.3) is 5.56 Å². The lowest BCUT2D eigenvalue weighted by atomic mass is 9.95. The molecule has 0 spiro atoms. The molecule has 1 aliphatic heterocycles. The van der Waals surface area contributed by atoms with Crippen LogP contribution in [0.2, 0.25) is 0 Å². The van der Waals surface area contributed by atoms with Gasteiger partial charge in [-0.15, -0.1) is 0 Å². The Kier molecular flexibility index (Phi) is 7.62. The Hall–Kier alpha value is -4.45. The van der Waals surface area contributed by atoms with Gasteiger partial charge in [0.15, 0.2) is 10.6 Å². The zero-order chi connectivity index (χ0) is 27.6. The molecule has 2 heterocycles. The fourth-order valence-electron chi connectivity index (χ4n) is 4.22. The number of aromatic nitrogens is 1. The van der Waals surface area contributed by atoms with E-state index in [0.29, 0.717) is 33.1 Å². The summed E-state index contributed by atoms with van der Waals surface area (Å²) in [4.78, 5) is 42.7. The number of benzene rings is 2. The highest BCUT2D eigenvalue weighted by atomic mass is 32.1. The number of allylic oxidation sites excluding steroid dienone is 1. The van der Waals surface area contributed by atoms with Crippen LogP contribution in [0.4, 0.5) is 5.69 Å². The van der Waals surface area contributed by atoms with Crippen LogP contribution in [0.25, 0.3) is 6.08 Å². The molecule has 0 saturated carbocycles. The summed E-state index contributed by atoms with van der Waals surface area (Å²) >= 11 is 1.11. The van der Waals surface area contributed by atoms with Crippen molar-refractivity contribution in [3.05, 3.63) is 88.6 Å². The van der Waals surface area contributed by atoms with Crippen molar-refractivity contribution in [2.75, 3.05) is 27.9 Å². The lowest BCUT2D eigenvalue weighted by Gasteiger charge is -2.26. The van der Waals surface area contributed by atoms with Crippen molar-refractivity contribution < 1.29 is 28.7 Å². The van der Waals surface area contributed by atoms with E-state index in [1.54, 1.807) is 44.2 Å². The summed E-state index contributed by atoms with van der Waals surface area (Å²) in [5.41, 5.74) is 0.925. The topological polar surface area (TPSA) is 131 Å². The normalized spacial score (nSPS) is 15.0. The van der Waals surface area contributed by atoms with Crippen molar-refractivity contribution in [2.45, 2.75) is 19.9 Å². The second kappa shape index (κ2) is 10.9. The van der Waals surface area contributed by atoms with Crippen LogP contribution in [0, 0.1) is 10.1 Å². The zero-order valence-electron chi connectivity index (χ0n) is 21.3. The van der Waals surface area contributed by atoms with E-state index in [0.717, 1.165) is 11.3 Å². The summed E-state index contributed by atoms with van der Waals surface area (Å²) in [6.45, 7) is 3.52. The summed E-state index contributed by atoms with van der Waals surface area (Å²) in [5.74, 6) is 0.454. The number of hydrogen-bond donors (Lipinski definition) is 0. The maximum absolute atomic E-state index is 13.8. The molecule has 4 rings (SSSR count). The molecule has 12 heteroatoms. The summed E-state index contributed by atoms with van der Waals surface area (Å²) in [7, 11) is 4.35. The highest BCUT2D eigenvalue weighted by Gasteiger charge is 2.35. The van der Waals surface area contributed by atoms with E-state index in [4.69, 9.17) is 18.9 Å². The third-order valence-corrected chi connectivity index (χ3v) is 6.93. The van der Waals surface area contributed by atoms with E-state index in [9.17, 15) is 19.7 Å². The number of fused-ring (bicyclic) bond motifs is 1. The van der Waals surface area contributed by atoms with Crippen molar-refractivity contribution in [1.29, 1.82) is 0 Å². The Morgan fingerprint density at radius 2 is 1.87 bits per heavy atom. The summed E-state index contributed by atoms with van der Waals surface area (Å²) in [6.07, 6.45) is 1.54. The van der Waals surface area contributed by atoms with Crippen molar-refractivity contribution >= 4 is 29.1 Å². The Labute approximate surface area is 221 Å². The number of esters is 1. The molecule has 1 aromatic heterocycles. The molecule has 0 saturated heterocycles. The number of nitrogens with zero attached hydrogens (tertiary/aromatic N) is 3. The minimum absolute atomic E-state index is 0.106. The maximum atomic E-state index is 13.8. The largest absolute Gasteiger partial charge is 0.497 e. The van der Waals surface area contributed by atoms with Crippen molar-refractivity contribution in [3.63, 3.8) is 0 Å². The molecule has 0 radical (unpaired) electrons. The molecular weight excluding hydrogens is 514 g/mol. The van der Waals surface area contributed by atoms with E-state index < -0.39 is 22.5 Å². The fourth-order valence-corrected chi connectivity index (χ4v) is 5.27. The van der Waals surface area contributed by atoms with Gasteiger partial charge in [-0.25, -0.2) is 9.79 Å². The molecule has 11 nitrogen and oxygen atoms in total. The predicted octanol–water partition coefficient (Wildman–Crippen LogP) is 2.73. The van der Waals surface area contributed by atoms with E-state index in [1.165, 1.54) is 38.0 Å². The Morgan fingerprint density at radius 3 is 2.50 bits per heavy atom. The number of nitro benzene ring substituents is 1. The number of rotatable bonds is 8. The van der Waals surface area contributed by atoms with Gasteiger partial charge in [0, 0.05) is 17.7 Å². The number of thiazole rings is 1. The third-order valence-electron chi connectivity index (χ3n) is 5.95. The molecule has 1 unspecified atom stereocenters. The molecule has 3 aromatic rings. The number of hydrogen-bond acceptors (Lipinski definition) is 10. The number of carbonyl (C=O) groups excluding carboxylic acids is 1. The van der Waals surface area contributed by atoms with Gasteiger partial charge < -0.3 is 18.9 Å². The monoisotopic (exact) mass is 539 g/mol. The van der Waals surface area contributed by atoms with Crippen molar-refractivity contribution in [3.8, 4) is 17.2 Å². The van der Waals surface area contributed by atoms with Crippen LogP contribution in [0.15, 0.2) is 57.5 Å². The lowest BCUT2D eigenvalue weighted by molar-refractivity contribution is -0.385. The molecule has 0 bridgehead atoms. The standard InChI is InChI=1S/C26H25N3O8S/c1-6-37-25(31)22-14(2)27-26-28(23(22)17-9-8-16(34-3)13-20(17)36-5)24(30)21(38-26)12-15-7-10-19(35-4)18(11-15)29(32)33/h7-13,23H,6H2,1-5H3. The number of carbonyl (C=O) groups is 1. The second-order valence-electron chi connectivity index (χ2n) is 8.10. The van der Waals surface area contributed by atoms with Crippen LogP contribution >= 0.6 is 11.3 Å². The van der Waals surface area contributed by atoms with Crippen LogP contribution in [0.3, 0.4) is 0 Å². The van der Waals surface area contributed by atoms with E-state index in [-0.39, 0.29) is 28.1 Å². The minimum Gasteiger partial charge on any atom is -0.497 e. The molecule has 2 aromatic carbocycles. The van der Waals surface area contributed by atoms with Gasteiger partial charge in [-0.2, -0.15) is 0 Å². The molecule has 1 atom stereocenters. The van der Waals surface area contributed by atoms with Crippen LogP contribution in [-0.2, 0) is 9.53 Å². The predicted molar refractivity (Wildman–Crippen MR) is 140 cm³/mol. The van der Waals surface area contributed by atoms with Crippen LogP contribution in [0.5, 0.6) is 17.2 Å². The first-order valence-corrected chi connectivity index (χ1v) is 12.3. The van der Waals surface area contributed by atoms with Crippen molar-refractivity contribution in [2.24, 2.45) is 4.99 Å². The maximum Gasteiger partial charge on any atom is 0.338 e. The van der Waals surface area contributed by atoms with Gasteiger partial charge in [-0.1, -0.05) is 17.4 Å². The molecular formula is C26H25N3O8S. The molecule has 38 heavy (non-hydrogen) atoms. The lowest BCUT2D eigenvalue weighted by Crippen LogP contribution is -2.40. The van der Waals surface area contributed by atoms with Gasteiger partial charge in [0.2, 0.25) is 0 Å². The zero-order valence-corrected chi connectivity index (χ0v) is 22.2. The number of ether oxygens (including phenoxy) is 4. The first-order chi connectivity index (χ1) is 18.2. The van der Waals surface area contributed by atoms with E-state index in [2.05, 4.69) is 4.99 Å². The quantitative estimate of drug-likeness (QED) is 0.243. The summed E-state index contributed by atoms with van der Waals surface area (Å²) in [6, 6.07) is 8.62. The number of methoxy groups -OCH3 is 3. The minimum atomic E-state index is -0.890. The second-order valence-corrected chi connectivity index (χ2v) is 9.11. The van der Waals surface area contributed by atoms with Crippen LogP contribution < -0.4 is 29.1 Å². The van der Waals surface area contributed by atoms with Gasteiger partial charge in [0.05, 0.1) is 48.7 Å². The summed E-state index contributed by atoms with van der Waals surface area (Å²) in [5, 5.41) is 11.5. The highest BCUT2D eigenvalue weighted by Crippen LogP contribution is 2.37. The van der Waals surface area contributed by atoms with Crippen LogP contribution in [-0.4, -0.2) is 43.4 Å². The van der Waals surface area contributed by atoms with Gasteiger partial charge in [-0.3, -0.25) is 19.5 Å². The summed E-state index contributed by atoms with van der Waals surface area (Å²) < 4.78 is 23.0. The average molecular weight is 540 g/mol. The molecule has 0 aliphatic carbocycles. The van der Waals surface area contributed by atoms with Gasteiger partial charge in [0.1, 0.15) is 17.5 Å². The average Bonchev–Trinajstić information content (AvgIpc) is 3.21. The van der Waals surface area contributed by atoms with Gasteiger partial charge >= 0.3 is 11.7 Å². The van der Waals surface area contributed by atoms with Crippen molar-refractivity contribution in [1.82, 2.24) is 4.57 Å². The Bertz CT molecular complexity index is 1640. The van der Waals surface area contributed by atoms with Gasteiger partial charge in [-0.05, 0) is 43.7 Å². The third kappa shape index (κ3) is 4.77. The first kappa shape index (κ1) is 26.6. The smallest absolute Gasteiger partial charge is 0.338 e. The Balaban J connectivity index is 1.98. The molecule has 0 N–H and O–H groups in total.